The monoisotopic (exact) mass is 489 g/mol. The van der Waals surface area contributed by atoms with Crippen LogP contribution >= 0.6 is 11.3 Å². The van der Waals surface area contributed by atoms with Gasteiger partial charge in [0.2, 0.25) is 0 Å². The van der Waals surface area contributed by atoms with Crippen molar-refractivity contribution in [1.82, 2.24) is 14.9 Å². The number of methoxy groups -OCH3 is 2. The maximum absolute atomic E-state index is 13.4. The number of nitrogens with zero attached hydrogens (tertiary/aromatic N) is 2. The van der Waals surface area contributed by atoms with E-state index in [0.717, 1.165) is 65.9 Å². The second-order valence-electron chi connectivity index (χ2n) is 8.98. The van der Waals surface area contributed by atoms with Gasteiger partial charge < -0.3 is 14.8 Å². The van der Waals surface area contributed by atoms with E-state index in [1.165, 1.54) is 16.0 Å². The molecule has 1 aliphatic carbocycles. The van der Waals surface area contributed by atoms with E-state index in [4.69, 9.17) is 9.47 Å². The van der Waals surface area contributed by atoms with E-state index >= 15 is 0 Å². The highest BCUT2D eigenvalue weighted by molar-refractivity contribution is 7.18. The Bertz CT molecular complexity index is 1380. The molecule has 1 N–H and O–H groups in total. The Morgan fingerprint density at radius 1 is 1.11 bits per heavy atom. The van der Waals surface area contributed by atoms with Crippen LogP contribution in [0.15, 0.2) is 59.7 Å². The van der Waals surface area contributed by atoms with Crippen LogP contribution in [0.2, 0.25) is 0 Å². The fraction of sp³-hybridized carbons (Fsp3) is 0.357. The van der Waals surface area contributed by atoms with E-state index in [9.17, 15) is 4.79 Å². The van der Waals surface area contributed by atoms with Gasteiger partial charge in [-0.25, -0.2) is 4.98 Å². The predicted molar refractivity (Wildman–Crippen MR) is 141 cm³/mol. The predicted octanol–water partition coefficient (Wildman–Crippen LogP) is 4.41. The Hall–Kier alpha value is -3.16. The summed E-state index contributed by atoms with van der Waals surface area (Å²) in [5, 5.41) is 4.54. The number of rotatable bonds is 9. The van der Waals surface area contributed by atoms with Crippen molar-refractivity contribution >= 4 is 21.6 Å². The molecule has 0 amide bonds. The molecule has 7 heteroatoms. The van der Waals surface area contributed by atoms with Crippen molar-refractivity contribution in [3.05, 3.63) is 86.8 Å². The van der Waals surface area contributed by atoms with Gasteiger partial charge in [-0.1, -0.05) is 30.3 Å². The lowest BCUT2D eigenvalue weighted by molar-refractivity contribution is 0.408. The summed E-state index contributed by atoms with van der Waals surface area (Å²) in [6, 6.07) is 16.6. The van der Waals surface area contributed by atoms with Gasteiger partial charge in [0.25, 0.3) is 5.56 Å². The highest BCUT2D eigenvalue weighted by Gasteiger charge is 2.25. The summed E-state index contributed by atoms with van der Waals surface area (Å²) >= 11 is 1.68. The summed E-state index contributed by atoms with van der Waals surface area (Å²) in [6.07, 6.45) is 6.29. The number of aromatic nitrogens is 2. The fourth-order valence-corrected chi connectivity index (χ4v) is 6.19. The fourth-order valence-electron chi connectivity index (χ4n) is 4.93. The minimum Gasteiger partial charge on any atom is -0.497 e. The molecular formula is C28H31N3O3S. The number of nitrogens with one attached hydrogen (secondary N) is 1. The number of hydrogen-bond donors (Lipinski definition) is 1. The van der Waals surface area contributed by atoms with E-state index in [1.54, 1.807) is 36.5 Å². The molecule has 182 valence electrons. The van der Waals surface area contributed by atoms with Crippen LogP contribution in [0, 0.1) is 0 Å². The third-order valence-corrected chi connectivity index (χ3v) is 7.99. The van der Waals surface area contributed by atoms with Gasteiger partial charge >= 0.3 is 0 Å². The third kappa shape index (κ3) is 5.11. The van der Waals surface area contributed by atoms with E-state index in [1.807, 2.05) is 36.4 Å². The van der Waals surface area contributed by atoms with Crippen molar-refractivity contribution in [2.45, 2.75) is 44.7 Å². The second-order valence-corrected chi connectivity index (χ2v) is 10.1. The first-order valence-electron chi connectivity index (χ1n) is 12.1. The van der Waals surface area contributed by atoms with Gasteiger partial charge in [-0.15, -0.1) is 11.3 Å². The lowest BCUT2D eigenvalue weighted by Crippen LogP contribution is -2.35. The van der Waals surface area contributed by atoms with Crippen LogP contribution < -0.4 is 20.3 Å². The van der Waals surface area contributed by atoms with Crippen LogP contribution in [-0.2, 0) is 32.2 Å². The summed E-state index contributed by atoms with van der Waals surface area (Å²) in [5.74, 6) is 1.75. The van der Waals surface area contributed by atoms with Crippen molar-refractivity contribution in [2.24, 2.45) is 0 Å². The van der Waals surface area contributed by atoms with Gasteiger partial charge in [-0.3, -0.25) is 9.36 Å². The van der Waals surface area contributed by atoms with Crippen molar-refractivity contribution in [1.29, 1.82) is 0 Å². The third-order valence-electron chi connectivity index (χ3n) is 6.83. The van der Waals surface area contributed by atoms with Crippen LogP contribution in [0.5, 0.6) is 11.5 Å². The number of para-hydroxylation sites is 1. The van der Waals surface area contributed by atoms with E-state index < -0.39 is 0 Å². The quantitative estimate of drug-likeness (QED) is 0.377. The van der Waals surface area contributed by atoms with Crippen molar-refractivity contribution < 1.29 is 9.47 Å². The highest BCUT2D eigenvalue weighted by Crippen LogP contribution is 2.33. The maximum Gasteiger partial charge on any atom is 0.262 e. The average Bonchev–Trinajstić information content (AvgIpc) is 3.27. The first-order valence-corrected chi connectivity index (χ1v) is 13.0. The minimum atomic E-state index is 0.0758. The van der Waals surface area contributed by atoms with Crippen LogP contribution in [-0.4, -0.2) is 36.4 Å². The first kappa shape index (κ1) is 23.6. The zero-order chi connectivity index (χ0) is 24.2. The number of ether oxygens (including phenoxy) is 2. The highest BCUT2D eigenvalue weighted by atomic mass is 32.1. The summed E-state index contributed by atoms with van der Waals surface area (Å²) < 4.78 is 12.5. The molecule has 1 atom stereocenters. The summed E-state index contributed by atoms with van der Waals surface area (Å²) in [7, 11) is 3.38. The van der Waals surface area contributed by atoms with Gasteiger partial charge in [0.1, 0.15) is 16.3 Å². The number of benzene rings is 2. The molecule has 1 unspecified atom stereocenters. The normalized spacial score (nSPS) is 15.2. The van der Waals surface area contributed by atoms with Gasteiger partial charge in [-0.05, 0) is 73.5 Å². The lowest BCUT2D eigenvalue weighted by atomic mass is 9.93. The van der Waals surface area contributed by atoms with Crippen molar-refractivity contribution in [3.63, 3.8) is 0 Å². The van der Waals surface area contributed by atoms with Crippen LogP contribution in [0.1, 0.15) is 28.0 Å². The van der Waals surface area contributed by atoms with Gasteiger partial charge in [0.15, 0.2) is 0 Å². The molecule has 0 radical (unpaired) electrons. The number of hydrogen-bond acceptors (Lipinski definition) is 6. The Morgan fingerprint density at radius 2 is 2.00 bits per heavy atom. The van der Waals surface area contributed by atoms with Crippen molar-refractivity contribution in [2.75, 3.05) is 20.8 Å². The molecule has 1 aliphatic rings. The molecule has 35 heavy (non-hydrogen) atoms. The summed E-state index contributed by atoms with van der Waals surface area (Å²) in [4.78, 5) is 20.2. The Labute approximate surface area is 209 Å². The van der Waals surface area contributed by atoms with Gasteiger partial charge in [0, 0.05) is 17.5 Å². The Morgan fingerprint density at radius 3 is 2.86 bits per heavy atom. The molecular weight excluding hydrogens is 458 g/mol. The van der Waals surface area contributed by atoms with Crippen molar-refractivity contribution in [3.8, 4) is 11.5 Å². The zero-order valence-corrected chi connectivity index (χ0v) is 21.1. The molecule has 5 rings (SSSR count). The molecule has 6 nitrogen and oxygen atoms in total. The topological polar surface area (TPSA) is 65.4 Å². The van der Waals surface area contributed by atoms with E-state index in [-0.39, 0.29) is 5.56 Å². The smallest absolute Gasteiger partial charge is 0.262 e. The number of thiophene rings is 1. The Kier molecular flexibility index (Phi) is 7.16. The molecule has 0 spiro atoms. The minimum absolute atomic E-state index is 0.0758. The standard InChI is InChI=1S/C28H31N3O3S/c1-33-22-8-5-6-19(16-22)12-14-29-21-10-11-23-25(17-21)35-27-26(23)28(32)31(18-30-27)15-13-20-7-3-4-9-24(20)34-2/h3-9,16,18,21,29H,10-15,17H2,1-2H3. The molecule has 2 aromatic carbocycles. The van der Waals surface area contributed by atoms with Gasteiger partial charge in [-0.2, -0.15) is 0 Å². The molecule has 0 bridgehead atoms. The Balaban J connectivity index is 1.26. The zero-order valence-electron chi connectivity index (χ0n) is 20.3. The van der Waals surface area contributed by atoms with E-state index in [2.05, 4.69) is 22.4 Å². The maximum atomic E-state index is 13.4. The summed E-state index contributed by atoms with van der Waals surface area (Å²) in [6.45, 7) is 1.51. The summed E-state index contributed by atoms with van der Waals surface area (Å²) in [5.41, 5.74) is 3.65. The molecule has 4 aromatic rings. The van der Waals surface area contributed by atoms with Crippen LogP contribution in [0.25, 0.3) is 10.2 Å². The average molecular weight is 490 g/mol. The van der Waals surface area contributed by atoms with Crippen LogP contribution in [0.3, 0.4) is 0 Å². The molecule has 2 aromatic heterocycles. The molecule has 0 aliphatic heterocycles. The molecule has 2 heterocycles. The molecule has 0 saturated carbocycles. The lowest BCUT2D eigenvalue weighted by Gasteiger charge is -2.23. The second kappa shape index (κ2) is 10.6. The van der Waals surface area contributed by atoms with Crippen LogP contribution in [0.4, 0.5) is 0 Å². The number of fused-ring (bicyclic) bond motifs is 3. The largest absolute Gasteiger partial charge is 0.497 e. The molecule has 0 fully saturated rings. The SMILES string of the molecule is COc1cccc(CCNC2CCc3c(sc4ncn(CCc5ccccc5OC)c(=O)c34)C2)c1. The number of aryl methyl sites for hydroxylation is 3. The molecule has 0 saturated heterocycles. The van der Waals surface area contributed by atoms with E-state index in [0.29, 0.717) is 12.6 Å². The first-order chi connectivity index (χ1) is 17.2. The van der Waals surface area contributed by atoms with Gasteiger partial charge in [0.05, 0.1) is 25.9 Å².